The lowest BCUT2D eigenvalue weighted by molar-refractivity contribution is -0.376. The lowest BCUT2D eigenvalue weighted by Gasteiger charge is -2.34. The van der Waals surface area contributed by atoms with Crippen molar-refractivity contribution in [1.82, 2.24) is 5.32 Å². The Morgan fingerprint density at radius 1 is 0.897 bits per heavy atom. The first-order valence-corrected chi connectivity index (χ1v) is 8.74. The molecule has 0 bridgehead atoms. The Morgan fingerprint density at radius 3 is 1.90 bits per heavy atom. The molecule has 2 nitrogen and oxygen atoms in total. The van der Waals surface area contributed by atoms with Crippen LogP contribution >= 0.6 is 0 Å². The first-order chi connectivity index (χ1) is 13.3. The number of benzene rings is 2. The summed E-state index contributed by atoms with van der Waals surface area (Å²) in [5, 5.41) is 12.7. The Bertz CT molecular complexity index is 844. The lowest BCUT2D eigenvalue weighted by Crippen LogP contribution is -2.53. The van der Waals surface area contributed by atoms with Crippen LogP contribution in [0.15, 0.2) is 48.5 Å². The molecule has 2 aromatic rings. The molecule has 29 heavy (non-hydrogen) atoms. The zero-order valence-corrected chi connectivity index (χ0v) is 15.2. The van der Waals surface area contributed by atoms with Gasteiger partial charge in [0.05, 0.1) is 0 Å². The van der Waals surface area contributed by atoms with E-state index >= 15 is 0 Å². The summed E-state index contributed by atoms with van der Waals surface area (Å²) in [4.78, 5) is 0. The third-order valence-corrected chi connectivity index (χ3v) is 5.66. The van der Waals surface area contributed by atoms with Gasteiger partial charge in [0.1, 0.15) is 5.82 Å². The van der Waals surface area contributed by atoms with Crippen LogP contribution < -0.4 is 5.32 Å². The molecule has 0 radical (unpaired) electrons. The van der Waals surface area contributed by atoms with Crippen molar-refractivity contribution < 1.29 is 35.8 Å². The van der Waals surface area contributed by atoms with Gasteiger partial charge in [0.25, 0.3) is 5.60 Å². The van der Waals surface area contributed by atoms with Gasteiger partial charge >= 0.3 is 12.4 Å². The summed E-state index contributed by atoms with van der Waals surface area (Å²) < 4.78 is 91.6. The molecule has 1 aliphatic heterocycles. The van der Waals surface area contributed by atoms with Gasteiger partial charge in [0.15, 0.2) is 0 Å². The molecule has 3 rings (SSSR count). The molecular weight excluding hydrogens is 403 g/mol. The summed E-state index contributed by atoms with van der Waals surface area (Å²) >= 11 is 0. The molecule has 1 saturated heterocycles. The highest BCUT2D eigenvalue weighted by molar-refractivity contribution is 5.39. The van der Waals surface area contributed by atoms with Gasteiger partial charge in [-0.3, -0.25) is 0 Å². The van der Waals surface area contributed by atoms with Gasteiger partial charge in [-0.05, 0) is 23.3 Å². The maximum atomic E-state index is 13.2. The smallest absolute Gasteiger partial charge is 0.369 e. The summed E-state index contributed by atoms with van der Waals surface area (Å²) in [6.45, 7) is 2.83. The molecule has 2 N–H and O–H groups in total. The standard InChI is InChI=1S/C20H18F7NO/c1-17(13-6-8-15(21)9-7-13)11-28-10-16(17)12-2-4-14(5-3-12)18(29,19(22,23)24)20(25,26)27/h2-9,16,28-29H,10-11H2,1H3/t16-,17+/m1/s1. The van der Waals surface area contributed by atoms with E-state index in [4.69, 9.17) is 0 Å². The Kier molecular flexibility index (Phi) is 5.20. The van der Waals surface area contributed by atoms with Crippen molar-refractivity contribution in [2.45, 2.75) is 36.2 Å². The van der Waals surface area contributed by atoms with Crippen molar-refractivity contribution >= 4 is 0 Å². The molecule has 1 aliphatic rings. The number of rotatable bonds is 3. The number of alkyl halides is 6. The average molecular weight is 421 g/mol. The van der Waals surface area contributed by atoms with Crippen LogP contribution in [0.4, 0.5) is 30.7 Å². The van der Waals surface area contributed by atoms with E-state index in [0.717, 1.165) is 17.7 Å². The minimum absolute atomic E-state index is 0.271. The van der Waals surface area contributed by atoms with Crippen LogP contribution in [0, 0.1) is 5.82 Å². The second-order valence-corrected chi connectivity index (χ2v) is 7.44. The third-order valence-electron chi connectivity index (χ3n) is 5.66. The third kappa shape index (κ3) is 3.50. The highest BCUT2D eigenvalue weighted by atomic mass is 19.4. The summed E-state index contributed by atoms with van der Waals surface area (Å²) in [5.41, 5.74) is -5.49. The quantitative estimate of drug-likeness (QED) is 0.699. The number of hydrogen-bond acceptors (Lipinski definition) is 2. The van der Waals surface area contributed by atoms with Crippen LogP contribution in [0.1, 0.15) is 29.5 Å². The van der Waals surface area contributed by atoms with E-state index in [9.17, 15) is 35.8 Å². The first-order valence-electron chi connectivity index (χ1n) is 8.74. The zero-order chi connectivity index (χ0) is 21.7. The van der Waals surface area contributed by atoms with Gasteiger partial charge in [-0.25, -0.2) is 4.39 Å². The fraction of sp³-hybridized carbons (Fsp3) is 0.400. The predicted molar refractivity (Wildman–Crippen MR) is 91.8 cm³/mol. The topological polar surface area (TPSA) is 32.3 Å². The number of halogens is 7. The first kappa shape index (κ1) is 21.6. The van der Waals surface area contributed by atoms with Crippen molar-refractivity contribution in [3.05, 3.63) is 71.0 Å². The molecule has 1 heterocycles. The van der Waals surface area contributed by atoms with Gasteiger partial charge in [-0.1, -0.05) is 43.3 Å². The van der Waals surface area contributed by atoms with Gasteiger partial charge in [-0.2, -0.15) is 26.3 Å². The van der Waals surface area contributed by atoms with Crippen molar-refractivity contribution in [2.75, 3.05) is 13.1 Å². The predicted octanol–water partition coefficient (Wildman–Crippen LogP) is 4.78. The SMILES string of the molecule is C[C@@]1(c2ccc(F)cc2)CNC[C@@H]1c1ccc(C(O)(C(F)(F)F)C(F)(F)F)cc1. The highest BCUT2D eigenvalue weighted by Crippen LogP contribution is 2.50. The molecule has 0 aromatic heterocycles. The van der Waals surface area contributed by atoms with Crippen LogP contribution in [0.25, 0.3) is 0 Å². The largest absolute Gasteiger partial charge is 0.430 e. The summed E-state index contributed by atoms with van der Waals surface area (Å²) in [7, 11) is 0. The second kappa shape index (κ2) is 6.98. The molecule has 2 aromatic carbocycles. The fourth-order valence-electron chi connectivity index (χ4n) is 3.89. The van der Waals surface area contributed by atoms with E-state index in [1.165, 1.54) is 12.1 Å². The maximum Gasteiger partial charge on any atom is 0.430 e. The van der Waals surface area contributed by atoms with Crippen LogP contribution in [0.5, 0.6) is 0 Å². The number of hydrogen-bond donors (Lipinski definition) is 2. The zero-order valence-electron chi connectivity index (χ0n) is 15.2. The molecule has 0 unspecified atom stereocenters. The van der Waals surface area contributed by atoms with E-state index in [2.05, 4.69) is 5.32 Å². The molecule has 0 amide bonds. The molecule has 1 fully saturated rings. The minimum Gasteiger partial charge on any atom is -0.369 e. The molecular formula is C20H18F7NO. The molecule has 9 heteroatoms. The summed E-state index contributed by atoms with van der Waals surface area (Å²) in [6.07, 6.45) is -11.9. The number of nitrogens with one attached hydrogen (secondary N) is 1. The van der Waals surface area contributed by atoms with Crippen molar-refractivity contribution in [1.29, 1.82) is 0 Å². The Hall–Kier alpha value is -2.13. The second-order valence-electron chi connectivity index (χ2n) is 7.44. The van der Waals surface area contributed by atoms with Gasteiger partial charge < -0.3 is 10.4 Å². The summed E-state index contributed by atoms with van der Waals surface area (Å²) in [5.74, 6) is -0.685. The van der Waals surface area contributed by atoms with Crippen molar-refractivity contribution in [3.63, 3.8) is 0 Å². The van der Waals surface area contributed by atoms with E-state index in [1.807, 2.05) is 6.92 Å². The van der Waals surface area contributed by atoms with Crippen LogP contribution in [0.2, 0.25) is 0 Å². The van der Waals surface area contributed by atoms with Crippen molar-refractivity contribution in [3.8, 4) is 0 Å². The normalized spacial score (nSPS) is 23.4. The minimum atomic E-state index is -5.93. The molecule has 0 saturated carbocycles. The van der Waals surface area contributed by atoms with Gasteiger partial charge in [0, 0.05) is 30.0 Å². The number of aliphatic hydroxyl groups is 1. The summed E-state index contributed by atoms with van der Waals surface area (Å²) in [6, 6.07) is 9.44. The maximum absolute atomic E-state index is 13.2. The van der Waals surface area contributed by atoms with E-state index < -0.39 is 34.7 Å². The van der Waals surface area contributed by atoms with E-state index in [0.29, 0.717) is 30.8 Å². The van der Waals surface area contributed by atoms with Gasteiger partial charge in [-0.15, -0.1) is 0 Å². The lowest BCUT2D eigenvalue weighted by atomic mass is 9.71. The van der Waals surface area contributed by atoms with Gasteiger partial charge in [0.2, 0.25) is 0 Å². The Morgan fingerprint density at radius 2 is 1.41 bits per heavy atom. The Labute approximate surface area is 162 Å². The van der Waals surface area contributed by atoms with Crippen LogP contribution in [0.3, 0.4) is 0 Å². The molecule has 158 valence electrons. The monoisotopic (exact) mass is 421 g/mol. The Balaban J connectivity index is 1.98. The fourth-order valence-corrected chi connectivity index (χ4v) is 3.89. The molecule has 0 aliphatic carbocycles. The average Bonchev–Trinajstić information content (AvgIpc) is 3.02. The van der Waals surface area contributed by atoms with Crippen LogP contribution in [-0.2, 0) is 11.0 Å². The van der Waals surface area contributed by atoms with E-state index in [-0.39, 0.29) is 5.92 Å². The molecule has 2 atom stereocenters. The highest BCUT2D eigenvalue weighted by Gasteiger charge is 2.71. The van der Waals surface area contributed by atoms with Crippen molar-refractivity contribution in [2.24, 2.45) is 0 Å². The van der Waals surface area contributed by atoms with Crippen LogP contribution in [-0.4, -0.2) is 30.5 Å². The van der Waals surface area contributed by atoms with E-state index in [1.54, 1.807) is 12.1 Å². The molecule has 0 spiro atoms.